The van der Waals surface area contributed by atoms with Gasteiger partial charge in [-0.15, -0.1) is 0 Å². The van der Waals surface area contributed by atoms with Gasteiger partial charge in [0, 0.05) is 6.42 Å². The van der Waals surface area contributed by atoms with Gasteiger partial charge in [-0.3, -0.25) is 0 Å². The van der Waals surface area contributed by atoms with E-state index in [1.165, 1.54) is 0 Å². The fraction of sp³-hybridized carbons (Fsp3) is 0.353. The molecule has 0 spiro atoms. The van der Waals surface area contributed by atoms with E-state index in [9.17, 15) is 9.90 Å². The van der Waals surface area contributed by atoms with Crippen LogP contribution in [0.2, 0.25) is 0 Å². The molecule has 20 heavy (non-hydrogen) atoms. The smallest absolute Gasteiger partial charge is 0.148 e. The lowest BCUT2D eigenvalue weighted by molar-refractivity contribution is -0.107. The van der Waals surface area contributed by atoms with Crippen LogP contribution in [0.1, 0.15) is 25.7 Å². The molecule has 1 atom stereocenters. The molecule has 1 aromatic rings. The molecule has 0 aliphatic heterocycles. The maximum atomic E-state index is 10.1. The third-order valence-electron chi connectivity index (χ3n) is 2.54. The quantitative estimate of drug-likeness (QED) is 0.449. The number of aliphatic hydroxyl groups excluding tert-OH is 1. The number of carbonyl (C=O) groups is 1. The van der Waals surface area contributed by atoms with Crippen molar-refractivity contribution < 1.29 is 14.6 Å². The molecular formula is C17H20O3. The van der Waals surface area contributed by atoms with Gasteiger partial charge in [0.15, 0.2) is 0 Å². The van der Waals surface area contributed by atoms with E-state index in [-0.39, 0.29) is 6.61 Å². The van der Waals surface area contributed by atoms with Crippen LogP contribution < -0.4 is 4.74 Å². The zero-order chi connectivity index (χ0) is 14.5. The number of unbranched alkanes of at least 4 members (excludes halogenated alkanes) is 3. The summed E-state index contributed by atoms with van der Waals surface area (Å²) in [6.45, 7) is 0.157. The molecule has 1 unspecified atom stereocenters. The van der Waals surface area contributed by atoms with Gasteiger partial charge in [0.25, 0.3) is 0 Å². The minimum atomic E-state index is -0.796. The van der Waals surface area contributed by atoms with Crippen LogP contribution in [0.4, 0.5) is 0 Å². The van der Waals surface area contributed by atoms with Gasteiger partial charge in [0.05, 0.1) is 0 Å². The molecule has 0 heterocycles. The zero-order valence-electron chi connectivity index (χ0n) is 11.5. The molecule has 1 aromatic carbocycles. The molecule has 0 amide bonds. The van der Waals surface area contributed by atoms with Crippen molar-refractivity contribution in [2.75, 3.05) is 6.61 Å². The summed E-state index contributed by atoms with van der Waals surface area (Å²) in [5.74, 6) is 6.20. The first kappa shape index (κ1) is 16.0. The van der Waals surface area contributed by atoms with E-state index in [1.54, 1.807) is 6.08 Å². The third-order valence-corrected chi connectivity index (χ3v) is 2.54. The Kier molecular flexibility index (Phi) is 8.67. The minimum absolute atomic E-state index is 0.157. The Hall–Kier alpha value is -2.05. The highest BCUT2D eigenvalue weighted by molar-refractivity contribution is 5.48. The fourth-order valence-electron chi connectivity index (χ4n) is 1.51. The normalized spacial score (nSPS) is 11.7. The molecule has 0 saturated carbocycles. The van der Waals surface area contributed by atoms with Crippen LogP contribution in [0.15, 0.2) is 42.5 Å². The van der Waals surface area contributed by atoms with Gasteiger partial charge in [-0.25, -0.2) is 0 Å². The molecule has 106 valence electrons. The van der Waals surface area contributed by atoms with E-state index < -0.39 is 6.10 Å². The topological polar surface area (TPSA) is 46.5 Å². The van der Waals surface area contributed by atoms with Crippen molar-refractivity contribution in [3.63, 3.8) is 0 Å². The number of para-hydroxylation sites is 1. The van der Waals surface area contributed by atoms with Gasteiger partial charge in [-0.2, -0.15) is 0 Å². The molecule has 0 bridgehead atoms. The second kappa shape index (κ2) is 10.8. The Morgan fingerprint density at radius 3 is 2.70 bits per heavy atom. The number of hydrogen-bond acceptors (Lipinski definition) is 3. The van der Waals surface area contributed by atoms with Crippen molar-refractivity contribution in [3.8, 4) is 17.6 Å². The summed E-state index contributed by atoms with van der Waals surface area (Å²) in [4.78, 5) is 10.1. The number of rotatable bonds is 8. The number of ether oxygens (including phenoxy) is 1. The van der Waals surface area contributed by atoms with Crippen LogP contribution in [0.5, 0.6) is 5.75 Å². The van der Waals surface area contributed by atoms with Gasteiger partial charge in [-0.05, 0) is 37.5 Å². The summed E-state index contributed by atoms with van der Waals surface area (Å²) in [7, 11) is 0. The van der Waals surface area contributed by atoms with Crippen molar-refractivity contribution in [2.24, 2.45) is 0 Å². The molecule has 3 heteroatoms. The van der Waals surface area contributed by atoms with E-state index >= 15 is 0 Å². The molecule has 0 aromatic heterocycles. The number of carbonyl (C=O) groups excluding carboxylic acids is 1. The summed E-state index contributed by atoms with van der Waals surface area (Å²) < 4.78 is 5.38. The van der Waals surface area contributed by atoms with E-state index in [2.05, 4.69) is 11.8 Å². The number of allylic oxidation sites excluding steroid dienone is 2. The first-order valence-corrected chi connectivity index (χ1v) is 6.78. The Labute approximate surface area is 120 Å². The zero-order valence-corrected chi connectivity index (χ0v) is 11.5. The summed E-state index contributed by atoms with van der Waals surface area (Å²) in [5, 5.41) is 9.61. The molecule has 0 radical (unpaired) electrons. The predicted octanol–water partition coefficient (Wildman–Crippen LogP) is 2.75. The van der Waals surface area contributed by atoms with E-state index in [0.717, 1.165) is 31.3 Å². The number of hydrogen-bond donors (Lipinski definition) is 1. The molecule has 0 aliphatic rings. The van der Waals surface area contributed by atoms with Crippen LogP contribution >= 0.6 is 0 Å². The molecule has 3 nitrogen and oxygen atoms in total. The molecule has 1 rings (SSSR count). The van der Waals surface area contributed by atoms with Crippen LogP contribution in [0.3, 0.4) is 0 Å². The van der Waals surface area contributed by atoms with Crippen LogP contribution in [-0.4, -0.2) is 24.1 Å². The molecule has 0 fully saturated rings. The predicted molar refractivity (Wildman–Crippen MR) is 79.4 cm³/mol. The van der Waals surface area contributed by atoms with E-state index in [4.69, 9.17) is 4.74 Å². The van der Waals surface area contributed by atoms with Crippen molar-refractivity contribution in [1.29, 1.82) is 0 Å². The van der Waals surface area contributed by atoms with E-state index in [1.807, 2.05) is 36.4 Å². The summed E-state index contributed by atoms with van der Waals surface area (Å²) >= 11 is 0. The molecular weight excluding hydrogens is 252 g/mol. The fourth-order valence-corrected chi connectivity index (χ4v) is 1.51. The Morgan fingerprint density at radius 1 is 1.20 bits per heavy atom. The van der Waals surface area contributed by atoms with Gasteiger partial charge >= 0.3 is 0 Å². The van der Waals surface area contributed by atoms with Gasteiger partial charge < -0.3 is 14.6 Å². The lowest BCUT2D eigenvalue weighted by Crippen LogP contribution is -2.14. The lowest BCUT2D eigenvalue weighted by atomic mass is 10.2. The maximum Gasteiger partial charge on any atom is 0.148 e. The highest BCUT2D eigenvalue weighted by Crippen LogP contribution is 2.08. The van der Waals surface area contributed by atoms with Crippen LogP contribution in [-0.2, 0) is 4.79 Å². The minimum Gasteiger partial charge on any atom is -0.490 e. The largest absolute Gasteiger partial charge is 0.490 e. The molecule has 0 aliphatic carbocycles. The van der Waals surface area contributed by atoms with Gasteiger partial charge in [0.2, 0.25) is 0 Å². The van der Waals surface area contributed by atoms with Crippen molar-refractivity contribution in [3.05, 3.63) is 42.5 Å². The summed E-state index contributed by atoms with van der Waals surface area (Å²) in [6.07, 6.45) is 7.23. The maximum absolute atomic E-state index is 10.1. The number of aliphatic hydroxyl groups is 1. The Balaban J connectivity index is 2.15. The molecule has 0 saturated heterocycles. The van der Waals surface area contributed by atoms with Crippen molar-refractivity contribution in [1.82, 2.24) is 0 Å². The highest BCUT2D eigenvalue weighted by Gasteiger charge is 1.99. The Morgan fingerprint density at radius 2 is 1.95 bits per heavy atom. The second-order valence-electron chi connectivity index (χ2n) is 4.28. The second-order valence-corrected chi connectivity index (χ2v) is 4.28. The van der Waals surface area contributed by atoms with Crippen molar-refractivity contribution >= 4 is 6.29 Å². The third kappa shape index (κ3) is 8.12. The first-order valence-electron chi connectivity index (χ1n) is 6.78. The number of benzene rings is 1. The standard InChI is InChI=1S/C17H20O3/c18-14-10-5-3-1-2-4-7-11-16(19)15-20-17-12-8-6-9-13-17/h2,4,6,8-9,12-14,16,19H,1,3,5,10,15H2/b4-2+. The van der Waals surface area contributed by atoms with Crippen molar-refractivity contribution in [2.45, 2.75) is 31.8 Å². The SMILES string of the molecule is O=CCCCC/C=C/C#CC(O)COc1ccccc1. The summed E-state index contributed by atoms with van der Waals surface area (Å²) in [5.41, 5.74) is 0. The van der Waals surface area contributed by atoms with Gasteiger partial charge in [0.1, 0.15) is 24.7 Å². The van der Waals surface area contributed by atoms with Crippen LogP contribution in [0.25, 0.3) is 0 Å². The monoisotopic (exact) mass is 272 g/mol. The highest BCUT2D eigenvalue weighted by atomic mass is 16.5. The lowest BCUT2D eigenvalue weighted by Gasteiger charge is -2.06. The Bertz CT molecular complexity index is 454. The first-order chi connectivity index (χ1) is 9.83. The van der Waals surface area contributed by atoms with Crippen LogP contribution in [0, 0.1) is 11.8 Å². The molecule has 1 N–H and O–H groups in total. The van der Waals surface area contributed by atoms with Gasteiger partial charge in [-0.1, -0.05) is 36.1 Å². The number of aldehydes is 1. The summed E-state index contributed by atoms with van der Waals surface area (Å²) in [6, 6.07) is 9.32. The average molecular weight is 272 g/mol. The average Bonchev–Trinajstić information content (AvgIpc) is 2.49. The van der Waals surface area contributed by atoms with E-state index in [0.29, 0.717) is 6.42 Å².